The summed E-state index contributed by atoms with van der Waals surface area (Å²) in [5.41, 5.74) is 2.73. The summed E-state index contributed by atoms with van der Waals surface area (Å²) in [5.74, 6) is -1.02. The quantitative estimate of drug-likeness (QED) is 0.607. The first-order valence-corrected chi connectivity index (χ1v) is 9.76. The second kappa shape index (κ2) is 8.63. The summed E-state index contributed by atoms with van der Waals surface area (Å²) >= 11 is 6.17. The predicted molar refractivity (Wildman–Crippen MR) is 110 cm³/mol. The van der Waals surface area contributed by atoms with Crippen molar-refractivity contribution >= 4 is 29.4 Å². The fourth-order valence-corrected chi connectivity index (χ4v) is 3.68. The summed E-state index contributed by atoms with van der Waals surface area (Å²) in [7, 11) is 0. The highest BCUT2D eigenvalue weighted by atomic mass is 35.5. The van der Waals surface area contributed by atoms with E-state index in [9.17, 15) is 14.4 Å². The lowest BCUT2D eigenvalue weighted by Crippen LogP contribution is -2.50. The summed E-state index contributed by atoms with van der Waals surface area (Å²) in [6, 6.07) is 15.5. The Morgan fingerprint density at radius 3 is 2.45 bits per heavy atom. The van der Waals surface area contributed by atoms with Gasteiger partial charge in [-0.25, -0.2) is 4.79 Å². The van der Waals surface area contributed by atoms with E-state index in [0.717, 1.165) is 10.6 Å². The first-order valence-electron chi connectivity index (χ1n) is 9.38. The van der Waals surface area contributed by atoms with Gasteiger partial charge in [-0.3, -0.25) is 15.0 Å². The molecule has 152 valence electrons. The van der Waals surface area contributed by atoms with Crippen LogP contribution in [-0.2, 0) is 15.1 Å². The molecule has 1 aliphatic rings. The highest BCUT2D eigenvalue weighted by molar-refractivity contribution is 6.31. The van der Waals surface area contributed by atoms with E-state index in [2.05, 4.69) is 16.1 Å². The molecule has 2 aromatic carbocycles. The lowest BCUT2D eigenvalue weighted by Gasteiger charge is -2.25. The van der Waals surface area contributed by atoms with Crippen LogP contribution >= 0.6 is 11.6 Å². The zero-order chi connectivity index (χ0) is 21.0. The van der Waals surface area contributed by atoms with Crippen molar-refractivity contribution in [3.8, 4) is 0 Å². The van der Waals surface area contributed by atoms with E-state index >= 15 is 0 Å². The van der Waals surface area contributed by atoms with E-state index in [1.807, 2.05) is 38.1 Å². The van der Waals surface area contributed by atoms with E-state index in [0.29, 0.717) is 17.0 Å². The van der Waals surface area contributed by atoms with Crippen LogP contribution < -0.4 is 16.1 Å². The Bertz CT molecular complexity index is 921. The third-order valence-corrected chi connectivity index (χ3v) is 5.41. The number of halogens is 1. The third-order valence-electron chi connectivity index (χ3n) is 5.07. The van der Waals surface area contributed by atoms with E-state index in [1.54, 1.807) is 30.3 Å². The Morgan fingerprint density at radius 1 is 1.14 bits per heavy atom. The summed E-state index contributed by atoms with van der Waals surface area (Å²) < 4.78 is 0. The zero-order valence-electron chi connectivity index (χ0n) is 16.2. The number of hydrogen-bond acceptors (Lipinski definition) is 4. The summed E-state index contributed by atoms with van der Waals surface area (Å²) in [6.07, 6.45) is 0.357. The van der Waals surface area contributed by atoms with Crippen molar-refractivity contribution in [2.24, 2.45) is 0 Å². The van der Waals surface area contributed by atoms with Crippen molar-refractivity contribution in [2.45, 2.75) is 31.8 Å². The first-order chi connectivity index (χ1) is 13.9. The highest BCUT2D eigenvalue weighted by Gasteiger charge is 2.52. The monoisotopic (exact) mass is 414 g/mol. The number of carbonyl (C=O) groups is 3. The number of rotatable bonds is 7. The van der Waals surface area contributed by atoms with Gasteiger partial charge in [-0.1, -0.05) is 67.1 Å². The molecule has 2 atom stereocenters. The van der Waals surface area contributed by atoms with Gasteiger partial charge in [0.15, 0.2) is 0 Å². The molecule has 0 unspecified atom stereocenters. The van der Waals surface area contributed by atoms with Crippen LogP contribution in [-0.4, -0.2) is 29.4 Å². The topological polar surface area (TPSA) is 90.5 Å². The second-order valence-corrected chi connectivity index (χ2v) is 7.26. The molecule has 7 nitrogen and oxygen atoms in total. The van der Waals surface area contributed by atoms with Gasteiger partial charge < -0.3 is 10.6 Å². The van der Waals surface area contributed by atoms with Gasteiger partial charge in [-0.05, 0) is 30.5 Å². The zero-order valence-corrected chi connectivity index (χ0v) is 17.0. The molecule has 4 amide bonds. The van der Waals surface area contributed by atoms with Crippen LogP contribution in [0, 0.1) is 0 Å². The van der Waals surface area contributed by atoms with Gasteiger partial charge in [0.05, 0.1) is 6.54 Å². The van der Waals surface area contributed by atoms with Gasteiger partial charge in [0.1, 0.15) is 5.54 Å². The number of benzene rings is 2. The van der Waals surface area contributed by atoms with E-state index in [4.69, 9.17) is 11.6 Å². The van der Waals surface area contributed by atoms with Crippen LogP contribution in [0.1, 0.15) is 37.4 Å². The molecule has 0 saturated carbocycles. The lowest BCUT2D eigenvalue weighted by molar-refractivity contribution is -0.139. The smallest absolute Gasteiger partial charge is 0.318 e. The molecule has 1 heterocycles. The molecule has 1 aliphatic heterocycles. The van der Waals surface area contributed by atoms with Crippen molar-refractivity contribution in [1.82, 2.24) is 21.1 Å². The largest absolute Gasteiger partial charge is 0.344 e. The third kappa shape index (κ3) is 4.11. The van der Waals surface area contributed by atoms with Gasteiger partial charge >= 0.3 is 6.03 Å². The van der Waals surface area contributed by atoms with Gasteiger partial charge in [-0.2, -0.15) is 5.01 Å². The van der Waals surface area contributed by atoms with E-state index in [-0.39, 0.29) is 12.6 Å². The number of amides is 4. The number of imide groups is 1. The standard InChI is InChI=1S/C21H23ClN4O3/c1-3-21(15-9-5-4-6-10-15)19(28)26(20(29)24-21)25-18(27)13-23-14(2)16-11-7-8-12-17(16)22/h4-12,14,23H,3,13H2,1-2H3,(H,24,29)(H,25,27)/t14-,21-/m1/s1. The van der Waals surface area contributed by atoms with Crippen LogP contribution in [0.5, 0.6) is 0 Å². The molecule has 0 radical (unpaired) electrons. The van der Waals surface area contributed by atoms with Crippen LogP contribution in [0.25, 0.3) is 0 Å². The van der Waals surface area contributed by atoms with Gasteiger partial charge in [0.2, 0.25) is 0 Å². The van der Waals surface area contributed by atoms with Crippen LogP contribution in [0.15, 0.2) is 54.6 Å². The van der Waals surface area contributed by atoms with Crippen LogP contribution in [0.3, 0.4) is 0 Å². The molecule has 0 bridgehead atoms. The molecule has 3 rings (SSSR count). The maximum absolute atomic E-state index is 13.0. The maximum Gasteiger partial charge on any atom is 0.344 e. The van der Waals surface area contributed by atoms with Crippen molar-refractivity contribution in [3.05, 3.63) is 70.7 Å². The minimum atomic E-state index is -1.19. The second-order valence-electron chi connectivity index (χ2n) is 6.85. The maximum atomic E-state index is 13.0. The first kappa shape index (κ1) is 20.8. The Balaban J connectivity index is 1.65. The van der Waals surface area contributed by atoms with Crippen molar-refractivity contribution < 1.29 is 14.4 Å². The highest BCUT2D eigenvalue weighted by Crippen LogP contribution is 2.31. The predicted octanol–water partition coefficient (Wildman–Crippen LogP) is 2.88. The van der Waals surface area contributed by atoms with Crippen molar-refractivity contribution in [3.63, 3.8) is 0 Å². The molecular weight excluding hydrogens is 392 g/mol. The molecule has 1 saturated heterocycles. The molecule has 0 aromatic heterocycles. The Labute approximate surface area is 174 Å². The number of hydrazine groups is 1. The van der Waals surface area contributed by atoms with Crippen LogP contribution in [0.4, 0.5) is 4.79 Å². The average molecular weight is 415 g/mol. The van der Waals surface area contributed by atoms with Crippen molar-refractivity contribution in [1.29, 1.82) is 0 Å². The minimum absolute atomic E-state index is 0.0894. The molecule has 0 spiro atoms. The Morgan fingerprint density at radius 2 is 1.79 bits per heavy atom. The van der Waals surface area contributed by atoms with Crippen molar-refractivity contribution in [2.75, 3.05) is 6.54 Å². The molecule has 1 fully saturated rings. The fourth-order valence-electron chi connectivity index (χ4n) is 3.38. The summed E-state index contributed by atoms with van der Waals surface area (Å²) in [6.45, 7) is 3.59. The molecular formula is C21H23ClN4O3. The summed E-state index contributed by atoms with van der Waals surface area (Å²) in [5, 5.41) is 7.11. The Hall–Kier alpha value is -2.90. The molecule has 0 aliphatic carbocycles. The number of carbonyl (C=O) groups excluding carboxylic acids is 3. The number of nitrogens with one attached hydrogen (secondary N) is 3. The molecule has 3 N–H and O–H groups in total. The Kier molecular flexibility index (Phi) is 6.20. The number of hydrogen-bond donors (Lipinski definition) is 3. The van der Waals surface area contributed by atoms with E-state index < -0.39 is 23.4 Å². The minimum Gasteiger partial charge on any atom is -0.318 e. The molecule has 8 heteroatoms. The van der Waals surface area contributed by atoms with Gasteiger partial charge in [-0.15, -0.1) is 0 Å². The fraction of sp³-hybridized carbons (Fsp3) is 0.286. The van der Waals surface area contributed by atoms with Gasteiger partial charge in [0.25, 0.3) is 11.8 Å². The lowest BCUT2D eigenvalue weighted by atomic mass is 9.87. The molecule has 2 aromatic rings. The van der Waals surface area contributed by atoms with E-state index in [1.165, 1.54) is 0 Å². The van der Waals surface area contributed by atoms with Gasteiger partial charge in [0, 0.05) is 11.1 Å². The normalized spacial score (nSPS) is 19.8. The number of urea groups is 1. The van der Waals surface area contributed by atoms with Crippen LogP contribution in [0.2, 0.25) is 5.02 Å². The average Bonchev–Trinajstić information content (AvgIpc) is 2.98. The summed E-state index contributed by atoms with van der Waals surface area (Å²) in [4.78, 5) is 37.8. The molecule has 29 heavy (non-hydrogen) atoms. The number of nitrogens with zero attached hydrogens (tertiary/aromatic N) is 1. The SMILES string of the molecule is CC[C@]1(c2ccccc2)NC(=O)N(NC(=O)CN[C@H](C)c2ccccc2Cl)C1=O.